The van der Waals surface area contributed by atoms with E-state index in [4.69, 9.17) is 18.9 Å². The number of nitrogens with one attached hydrogen (secondary N) is 1. The lowest BCUT2D eigenvalue weighted by Crippen LogP contribution is -2.15. The minimum Gasteiger partial charge on any atom is -0.377 e. The predicted octanol–water partition coefficient (Wildman–Crippen LogP) is 2.17. The van der Waals surface area contributed by atoms with Crippen LogP contribution in [0.5, 0.6) is 0 Å². The highest BCUT2D eigenvalue weighted by molar-refractivity contribution is 5.93. The van der Waals surface area contributed by atoms with Crippen molar-refractivity contribution in [1.29, 1.82) is 0 Å². The van der Waals surface area contributed by atoms with Crippen molar-refractivity contribution in [3.63, 3.8) is 0 Å². The van der Waals surface area contributed by atoms with Crippen LogP contribution in [0.25, 0.3) is 0 Å². The molecule has 0 spiro atoms. The molecule has 142 valence electrons. The monoisotopic (exact) mass is 354 g/mol. The van der Waals surface area contributed by atoms with Gasteiger partial charge in [0.15, 0.2) is 5.78 Å². The molecule has 1 rings (SSSR count). The number of nitrogens with zero attached hydrogens (tertiary/aromatic N) is 1. The first-order chi connectivity index (χ1) is 12.1. The lowest BCUT2D eigenvalue weighted by Gasteiger charge is -2.09. The Bertz CT molecular complexity index is 465. The Morgan fingerprint density at radius 2 is 1.60 bits per heavy atom. The van der Waals surface area contributed by atoms with Crippen molar-refractivity contribution in [3.05, 3.63) is 23.9 Å². The molecular weight excluding hydrogens is 324 g/mol. The number of hydrogen-bond acceptors (Lipinski definition) is 7. The Morgan fingerprint density at radius 3 is 2.12 bits per heavy atom. The molecule has 7 heteroatoms. The topological polar surface area (TPSA) is 78.9 Å². The number of anilines is 1. The molecule has 0 aliphatic heterocycles. The number of pyridine rings is 1. The van der Waals surface area contributed by atoms with Gasteiger partial charge in [0.1, 0.15) is 5.82 Å². The zero-order chi connectivity index (χ0) is 18.3. The third-order valence-corrected chi connectivity index (χ3v) is 3.15. The molecule has 0 saturated heterocycles. The minimum absolute atomic E-state index is 0.0108. The van der Waals surface area contributed by atoms with E-state index >= 15 is 0 Å². The molecule has 0 fully saturated rings. The maximum atomic E-state index is 11.1. The molecule has 7 nitrogen and oxygen atoms in total. The van der Waals surface area contributed by atoms with Crippen LogP contribution in [-0.4, -0.2) is 69.7 Å². The number of ether oxygens (including phenoxy) is 4. The van der Waals surface area contributed by atoms with E-state index in [1.807, 2.05) is 13.8 Å². The standard InChI is InChI=1S/C18H30N2O5/c1-15(2)25-13-12-24-11-10-23-9-8-22-7-6-19-18-5-4-17(14-20-18)16(3)21/h4-5,14-15H,6-13H2,1-3H3,(H,19,20). The molecule has 0 unspecified atom stereocenters. The van der Waals surface area contributed by atoms with Gasteiger partial charge in [0.05, 0.1) is 52.4 Å². The van der Waals surface area contributed by atoms with Crippen molar-refractivity contribution in [2.75, 3.05) is 58.1 Å². The van der Waals surface area contributed by atoms with Gasteiger partial charge in [-0.1, -0.05) is 0 Å². The number of carbonyl (C=O) groups is 1. The van der Waals surface area contributed by atoms with Gasteiger partial charge in [0.2, 0.25) is 0 Å². The van der Waals surface area contributed by atoms with Gasteiger partial charge in [-0.05, 0) is 32.9 Å². The molecule has 0 radical (unpaired) electrons. The van der Waals surface area contributed by atoms with E-state index in [1.54, 1.807) is 18.3 Å². The summed E-state index contributed by atoms with van der Waals surface area (Å²) in [6.07, 6.45) is 1.80. The Balaban J connectivity index is 1.86. The van der Waals surface area contributed by atoms with Crippen LogP contribution >= 0.6 is 0 Å². The van der Waals surface area contributed by atoms with Crippen LogP contribution in [0.3, 0.4) is 0 Å². The van der Waals surface area contributed by atoms with Gasteiger partial charge in [0, 0.05) is 18.3 Å². The van der Waals surface area contributed by atoms with Gasteiger partial charge in [0.25, 0.3) is 0 Å². The van der Waals surface area contributed by atoms with Gasteiger partial charge in [-0.25, -0.2) is 4.98 Å². The number of rotatable bonds is 15. The van der Waals surface area contributed by atoms with E-state index in [-0.39, 0.29) is 11.9 Å². The molecule has 0 bridgehead atoms. The fourth-order valence-electron chi connectivity index (χ4n) is 1.84. The van der Waals surface area contributed by atoms with E-state index in [9.17, 15) is 4.79 Å². The van der Waals surface area contributed by atoms with Gasteiger partial charge >= 0.3 is 0 Å². The molecule has 0 saturated carbocycles. The quantitative estimate of drug-likeness (QED) is 0.382. The molecule has 0 aliphatic carbocycles. The molecule has 1 aromatic rings. The lowest BCUT2D eigenvalue weighted by molar-refractivity contribution is -0.0110. The van der Waals surface area contributed by atoms with Crippen LogP contribution < -0.4 is 5.32 Å². The Hall–Kier alpha value is -1.54. The lowest BCUT2D eigenvalue weighted by atomic mass is 10.2. The summed E-state index contributed by atoms with van der Waals surface area (Å²) in [7, 11) is 0. The molecule has 25 heavy (non-hydrogen) atoms. The summed E-state index contributed by atoms with van der Waals surface area (Å²) < 4.78 is 21.6. The van der Waals surface area contributed by atoms with Crippen molar-refractivity contribution in [2.24, 2.45) is 0 Å². The van der Waals surface area contributed by atoms with E-state index < -0.39 is 0 Å². The molecule has 0 amide bonds. The Labute approximate surface area is 150 Å². The summed E-state index contributed by atoms with van der Waals surface area (Å²) in [5, 5.41) is 3.13. The Kier molecular flexibility index (Phi) is 11.8. The van der Waals surface area contributed by atoms with Crippen LogP contribution in [0.2, 0.25) is 0 Å². The van der Waals surface area contributed by atoms with Crippen LogP contribution in [0.15, 0.2) is 18.3 Å². The van der Waals surface area contributed by atoms with Crippen molar-refractivity contribution >= 4 is 11.6 Å². The molecule has 0 aliphatic rings. The van der Waals surface area contributed by atoms with Crippen LogP contribution in [0, 0.1) is 0 Å². The van der Waals surface area contributed by atoms with Crippen molar-refractivity contribution in [1.82, 2.24) is 4.98 Å². The zero-order valence-electron chi connectivity index (χ0n) is 15.5. The summed E-state index contributed by atoms with van der Waals surface area (Å²) in [4.78, 5) is 15.3. The maximum absolute atomic E-state index is 11.1. The van der Waals surface area contributed by atoms with E-state index in [0.717, 1.165) is 5.82 Å². The van der Waals surface area contributed by atoms with E-state index in [2.05, 4.69) is 10.3 Å². The summed E-state index contributed by atoms with van der Waals surface area (Å²) in [6.45, 7) is 10.1. The third-order valence-electron chi connectivity index (χ3n) is 3.15. The summed E-state index contributed by atoms with van der Waals surface area (Å²) in [5.74, 6) is 0.736. The fraction of sp³-hybridized carbons (Fsp3) is 0.667. The summed E-state index contributed by atoms with van der Waals surface area (Å²) in [6, 6.07) is 3.54. The number of Topliss-reactive ketones (excluding diaryl/α,β-unsaturated/α-hetero) is 1. The number of carbonyl (C=O) groups excluding carboxylic acids is 1. The number of hydrogen-bond donors (Lipinski definition) is 1. The Morgan fingerprint density at radius 1 is 1.00 bits per heavy atom. The number of ketones is 1. The summed E-state index contributed by atoms with van der Waals surface area (Å²) in [5.41, 5.74) is 0.607. The van der Waals surface area contributed by atoms with Gasteiger partial charge < -0.3 is 24.3 Å². The van der Waals surface area contributed by atoms with Gasteiger partial charge in [-0.3, -0.25) is 4.79 Å². The van der Waals surface area contributed by atoms with Crippen molar-refractivity contribution in [3.8, 4) is 0 Å². The normalized spacial score (nSPS) is 11.0. The molecule has 0 atom stereocenters. The minimum atomic E-state index is 0.0108. The van der Waals surface area contributed by atoms with E-state index in [0.29, 0.717) is 58.4 Å². The molecule has 1 heterocycles. The van der Waals surface area contributed by atoms with Crippen LogP contribution in [-0.2, 0) is 18.9 Å². The highest BCUT2D eigenvalue weighted by atomic mass is 16.6. The summed E-state index contributed by atoms with van der Waals surface area (Å²) >= 11 is 0. The van der Waals surface area contributed by atoms with Crippen molar-refractivity contribution < 1.29 is 23.7 Å². The predicted molar refractivity (Wildman–Crippen MR) is 96.3 cm³/mol. The number of aromatic nitrogens is 1. The zero-order valence-corrected chi connectivity index (χ0v) is 15.5. The highest BCUT2D eigenvalue weighted by Crippen LogP contribution is 2.05. The molecule has 1 N–H and O–H groups in total. The SMILES string of the molecule is CC(=O)c1ccc(NCCOCCOCCOCCOC(C)C)nc1. The average molecular weight is 354 g/mol. The van der Waals surface area contributed by atoms with Gasteiger partial charge in [-0.15, -0.1) is 0 Å². The average Bonchev–Trinajstić information content (AvgIpc) is 2.59. The van der Waals surface area contributed by atoms with E-state index in [1.165, 1.54) is 6.92 Å². The molecular formula is C18H30N2O5. The van der Waals surface area contributed by atoms with Crippen LogP contribution in [0.4, 0.5) is 5.82 Å². The van der Waals surface area contributed by atoms with Gasteiger partial charge in [-0.2, -0.15) is 0 Å². The maximum Gasteiger partial charge on any atom is 0.161 e. The second-order valence-corrected chi connectivity index (χ2v) is 5.67. The first-order valence-electron chi connectivity index (χ1n) is 8.65. The smallest absolute Gasteiger partial charge is 0.161 e. The van der Waals surface area contributed by atoms with Crippen molar-refractivity contribution in [2.45, 2.75) is 26.9 Å². The highest BCUT2D eigenvalue weighted by Gasteiger charge is 1.99. The first kappa shape index (κ1) is 21.5. The molecule has 0 aromatic carbocycles. The first-order valence-corrected chi connectivity index (χ1v) is 8.65. The third kappa shape index (κ3) is 11.6. The largest absolute Gasteiger partial charge is 0.377 e. The second kappa shape index (κ2) is 13.7. The second-order valence-electron chi connectivity index (χ2n) is 5.67. The molecule has 1 aromatic heterocycles. The van der Waals surface area contributed by atoms with Crippen LogP contribution in [0.1, 0.15) is 31.1 Å². The fourth-order valence-corrected chi connectivity index (χ4v) is 1.84.